The molecule has 2 aromatic rings. The first kappa shape index (κ1) is 15.7. The number of aromatic nitrogens is 4. The van der Waals surface area contributed by atoms with E-state index < -0.39 is 0 Å². The van der Waals surface area contributed by atoms with E-state index in [0.29, 0.717) is 17.5 Å². The molecule has 0 radical (unpaired) electrons. The van der Waals surface area contributed by atoms with Gasteiger partial charge in [0, 0.05) is 43.3 Å². The Hall–Kier alpha value is -1.76. The minimum absolute atomic E-state index is 0.0723. The molecule has 2 aliphatic rings. The molecule has 0 aromatic carbocycles. The molecule has 0 spiro atoms. The van der Waals surface area contributed by atoms with Crippen LogP contribution in [0, 0.1) is 0 Å². The van der Waals surface area contributed by atoms with Gasteiger partial charge >= 0.3 is 0 Å². The van der Waals surface area contributed by atoms with Gasteiger partial charge in [0.1, 0.15) is 17.3 Å². The predicted octanol–water partition coefficient (Wildman–Crippen LogP) is 2.82. The van der Waals surface area contributed by atoms with E-state index in [1.165, 1.54) is 6.42 Å². The summed E-state index contributed by atoms with van der Waals surface area (Å²) in [7, 11) is 0. The van der Waals surface area contributed by atoms with Crippen LogP contribution in [-0.4, -0.2) is 43.6 Å². The van der Waals surface area contributed by atoms with Crippen molar-refractivity contribution in [2.75, 3.05) is 13.1 Å². The lowest BCUT2D eigenvalue weighted by atomic mass is 9.95. The molecule has 7 heteroatoms. The Labute approximate surface area is 145 Å². The van der Waals surface area contributed by atoms with E-state index in [1.807, 2.05) is 10.3 Å². The summed E-state index contributed by atoms with van der Waals surface area (Å²) < 4.78 is 2.29. The van der Waals surface area contributed by atoms with Crippen LogP contribution in [-0.2, 0) is 13.0 Å². The highest BCUT2D eigenvalue weighted by Crippen LogP contribution is 2.30. The molecule has 1 saturated heterocycles. The molecule has 0 N–H and O–H groups in total. The zero-order valence-electron chi connectivity index (χ0n) is 14.2. The van der Waals surface area contributed by atoms with Crippen LogP contribution in [0.4, 0.5) is 0 Å². The van der Waals surface area contributed by atoms with Crippen molar-refractivity contribution in [1.29, 1.82) is 0 Å². The third kappa shape index (κ3) is 2.75. The number of rotatable bonds is 3. The maximum absolute atomic E-state index is 12.7. The van der Waals surface area contributed by atoms with Crippen LogP contribution in [0.25, 0.3) is 0 Å². The molecule has 2 aromatic heterocycles. The molecular formula is C17H23N5OS. The van der Waals surface area contributed by atoms with Gasteiger partial charge in [-0.1, -0.05) is 13.8 Å². The number of amides is 1. The molecule has 4 heterocycles. The van der Waals surface area contributed by atoms with Crippen molar-refractivity contribution in [3.63, 3.8) is 0 Å². The molecule has 1 amide bonds. The van der Waals surface area contributed by atoms with Crippen LogP contribution in [0.15, 0.2) is 5.38 Å². The van der Waals surface area contributed by atoms with Gasteiger partial charge in [0.15, 0.2) is 0 Å². The lowest BCUT2D eigenvalue weighted by Gasteiger charge is -2.31. The van der Waals surface area contributed by atoms with Gasteiger partial charge in [0.25, 0.3) is 5.91 Å². The Balaban J connectivity index is 1.41. The molecular weight excluding hydrogens is 322 g/mol. The van der Waals surface area contributed by atoms with E-state index in [2.05, 4.69) is 33.6 Å². The third-order valence-electron chi connectivity index (χ3n) is 5.02. The summed E-state index contributed by atoms with van der Waals surface area (Å²) in [6.45, 7) is 6.82. The largest absolute Gasteiger partial charge is 0.337 e. The summed E-state index contributed by atoms with van der Waals surface area (Å²) in [4.78, 5) is 19.1. The first-order valence-corrected chi connectivity index (χ1v) is 9.68. The minimum atomic E-state index is 0.0723. The van der Waals surface area contributed by atoms with Gasteiger partial charge in [0.05, 0.1) is 5.01 Å². The number of carbonyl (C=O) groups excluding carboxylic acids is 1. The van der Waals surface area contributed by atoms with Crippen LogP contribution < -0.4 is 0 Å². The van der Waals surface area contributed by atoms with Gasteiger partial charge in [-0.25, -0.2) is 4.98 Å². The molecule has 2 aliphatic heterocycles. The van der Waals surface area contributed by atoms with Crippen molar-refractivity contribution < 1.29 is 4.79 Å². The predicted molar refractivity (Wildman–Crippen MR) is 92.4 cm³/mol. The van der Waals surface area contributed by atoms with Gasteiger partial charge < -0.3 is 9.47 Å². The Bertz CT molecular complexity index is 742. The molecule has 0 atom stereocenters. The highest BCUT2D eigenvalue weighted by atomic mass is 32.1. The number of piperidine rings is 1. The average molecular weight is 345 g/mol. The van der Waals surface area contributed by atoms with Crippen LogP contribution in [0.3, 0.4) is 0 Å². The van der Waals surface area contributed by atoms with E-state index in [9.17, 15) is 4.79 Å². The fourth-order valence-electron chi connectivity index (χ4n) is 3.63. The average Bonchev–Trinajstić information content (AvgIpc) is 3.30. The lowest BCUT2D eigenvalue weighted by molar-refractivity contribution is 0.0705. The summed E-state index contributed by atoms with van der Waals surface area (Å²) in [5, 5.41) is 11.7. The molecule has 0 saturated carbocycles. The molecule has 6 nitrogen and oxygen atoms in total. The second kappa shape index (κ2) is 6.27. The second-order valence-electron chi connectivity index (χ2n) is 7.02. The van der Waals surface area contributed by atoms with Crippen molar-refractivity contribution in [3.05, 3.63) is 27.7 Å². The highest BCUT2D eigenvalue weighted by molar-refractivity contribution is 7.09. The standard InChI is InChI=1S/C17H23N5OS/c1-11(2)16-18-13(10-24-16)17(23)21-8-5-12(6-9-21)15-20-19-14-4-3-7-22(14)15/h10-12H,3-9H2,1-2H3. The van der Waals surface area contributed by atoms with Crippen molar-refractivity contribution in [3.8, 4) is 0 Å². The zero-order valence-corrected chi connectivity index (χ0v) is 15.1. The van der Waals surface area contributed by atoms with Gasteiger partial charge in [-0.2, -0.15) is 0 Å². The Morgan fingerprint density at radius 1 is 1.25 bits per heavy atom. The van der Waals surface area contributed by atoms with Crippen molar-refractivity contribution >= 4 is 17.2 Å². The van der Waals surface area contributed by atoms with Crippen LogP contribution in [0.2, 0.25) is 0 Å². The molecule has 1 fully saturated rings. The number of hydrogen-bond donors (Lipinski definition) is 0. The Morgan fingerprint density at radius 2 is 2.04 bits per heavy atom. The fraction of sp³-hybridized carbons (Fsp3) is 0.647. The van der Waals surface area contributed by atoms with Gasteiger partial charge in [-0.05, 0) is 19.3 Å². The number of nitrogens with zero attached hydrogens (tertiary/aromatic N) is 5. The third-order valence-corrected chi connectivity index (χ3v) is 6.17. The van der Waals surface area contributed by atoms with Crippen molar-refractivity contribution in [2.24, 2.45) is 0 Å². The summed E-state index contributed by atoms with van der Waals surface area (Å²) in [5.41, 5.74) is 0.602. The number of aryl methyl sites for hydroxylation is 1. The van der Waals surface area contributed by atoms with Gasteiger partial charge in [0.2, 0.25) is 0 Å². The summed E-state index contributed by atoms with van der Waals surface area (Å²) in [5.74, 6) is 3.13. The Morgan fingerprint density at radius 3 is 2.75 bits per heavy atom. The second-order valence-corrected chi connectivity index (χ2v) is 7.91. The number of fused-ring (bicyclic) bond motifs is 1. The van der Waals surface area contributed by atoms with Gasteiger partial charge in [-0.3, -0.25) is 4.79 Å². The maximum atomic E-state index is 12.7. The first-order chi connectivity index (χ1) is 11.6. The number of likely N-dealkylation sites (tertiary alicyclic amines) is 1. The van der Waals surface area contributed by atoms with Crippen LogP contribution in [0.1, 0.15) is 72.1 Å². The van der Waals surface area contributed by atoms with E-state index in [1.54, 1.807) is 11.3 Å². The van der Waals surface area contributed by atoms with E-state index >= 15 is 0 Å². The highest BCUT2D eigenvalue weighted by Gasteiger charge is 2.30. The van der Waals surface area contributed by atoms with Crippen molar-refractivity contribution in [1.82, 2.24) is 24.6 Å². The smallest absolute Gasteiger partial charge is 0.273 e. The van der Waals surface area contributed by atoms with Crippen LogP contribution >= 0.6 is 11.3 Å². The zero-order chi connectivity index (χ0) is 16.7. The van der Waals surface area contributed by atoms with E-state index in [4.69, 9.17) is 0 Å². The van der Waals surface area contributed by atoms with Crippen molar-refractivity contribution in [2.45, 2.75) is 57.9 Å². The molecule has 0 bridgehead atoms. The van der Waals surface area contributed by atoms with Gasteiger partial charge in [-0.15, -0.1) is 21.5 Å². The van der Waals surface area contributed by atoms with E-state index in [0.717, 1.165) is 55.6 Å². The number of carbonyl (C=O) groups is 1. The topological polar surface area (TPSA) is 63.9 Å². The Kier molecular flexibility index (Phi) is 4.12. The molecule has 0 aliphatic carbocycles. The monoisotopic (exact) mass is 345 g/mol. The van der Waals surface area contributed by atoms with Crippen LogP contribution in [0.5, 0.6) is 0 Å². The first-order valence-electron chi connectivity index (χ1n) is 8.80. The summed E-state index contributed by atoms with van der Waals surface area (Å²) >= 11 is 1.58. The molecule has 24 heavy (non-hydrogen) atoms. The minimum Gasteiger partial charge on any atom is -0.337 e. The quantitative estimate of drug-likeness (QED) is 0.858. The molecule has 0 unspecified atom stereocenters. The maximum Gasteiger partial charge on any atom is 0.273 e. The number of thiazole rings is 1. The lowest BCUT2D eigenvalue weighted by Crippen LogP contribution is -2.38. The summed E-state index contributed by atoms with van der Waals surface area (Å²) in [6.07, 6.45) is 4.15. The fourth-order valence-corrected chi connectivity index (χ4v) is 4.44. The summed E-state index contributed by atoms with van der Waals surface area (Å²) in [6, 6.07) is 0. The number of hydrogen-bond acceptors (Lipinski definition) is 5. The molecule has 4 rings (SSSR count). The SMILES string of the molecule is CC(C)c1nc(C(=O)N2CCC(c3nnc4n3CCC4)CC2)cs1. The molecule has 128 valence electrons. The normalized spacial score (nSPS) is 18.4. The van der Waals surface area contributed by atoms with E-state index in [-0.39, 0.29) is 5.91 Å².